The SMILES string of the molecule is Cc1[nH]n(-c2ccccc2)c(=O)c1[C@H](c1ccc(Cl)cc1)[C@@H](NS(=O)(=O)c1ccc(F)cc1)C(=O)c1ccccc1. The Kier molecular flexibility index (Phi) is 8.03. The highest BCUT2D eigenvalue weighted by atomic mass is 35.5. The van der Waals surface area contributed by atoms with Crippen LogP contribution in [0.3, 0.4) is 0 Å². The lowest BCUT2D eigenvalue weighted by molar-refractivity contribution is 0.0945. The highest BCUT2D eigenvalue weighted by Crippen LogP contribution is 2.32. The number of aromatic nitrogens is 2. The Morgan fingerprint density at radius 3 is 2.07 bits per heavy atom. The number of aromatic amines is 1. The first-order chi connectivity index (χ1) is 19.7. The summed E-state index contributed by atoms with van der Waals surface area (Å²) in [6.07, 6.45) is 0. The van der Waals surface area contributed by atoms with Crippen molar-refractivity contribution >= 4 is 27.4 Å². The van der Waals surface area contributed by atoms with Crippen LogP contribution < -0.4 is 10.3 Å². The zero-order chi connectivity index (χ0) is 29.1. The molecule has 0 radical (unpaired) electrons. The number of benzene rings is 4. The molecule has 0 amide bonds. The van der Waals surface area contributed by atoms with E-state index in [1.807, 2.05) is 6.07 Å². The van der Waals surface area contributed by atoms with Crippen LogP contribution in [0.15, 0.2) is 119 Å². The summed E-state index contributed by atoms with van der Waals surface area (Å²) in [6, 6.07) is 26.5. The van der Waals surface area contributed by atoms with E-state index in [-0.39, 0.29) is 16.0 Å². The van der Waals surface area contributed by atoms with Crippen molar-refractivity contribution < 1.29 is 17.6 Å². The van der Waals surface area contributed by atoms with Gasteiger partial charge in [-0.1, -0.05) is 72.3 Å². The van der Waals surface area contributed by atoms with E-state index in [0.29, 0.717) is 22.0 Å². The van der Waals surface area contributed by atoms with Gasteiger partial charge in [0.1, 0.15) is 5.82 Å². The van der Waals surface area contributed by atoms with Crippen LogP contribution in [0, 0.1) is 12.7 Å². The van der Waals surface area contributed by atoms with Crippen LogP contribution in [0.25, 0.3) is 5.69 Å². The first-order valence-electron chi connectivity index (χ1n) is 12.7. The summed E-state index contributed by atoms with van der Waals surface area (Å²) in [6.45, 7) is 1.69. The minimum atomic E-state index is -4.35. The minimum Gasteiger partial charge on any atom is -0.295 e. The molecule has 2 atom stereocenters. The number of para-hydroxylation sites is 1. The lowest BCUT2D eigenvalue weighted by atomic mass is 9.82. The van der Waals surface area contributed by atoms with Crippen molar-refractivity contribution in [2.45, 2.75) is 23.8 Å². The topological polar surface area (TPSA) is 101 Å². The summed E-state index contributed by atoms with van der Waals surface area (Å²) in [5, 5.41) is 3.50. The number of hydrogen-bond donors (Lipinski definition) is 2. The highest BCUT2D eigenvalue weighted by Gasteiger charge is 2.38. The molecule has 0 saturated heterocycles. The Bertz CT molecular complexity index is 1840. The van der Waals surface area contributed by atoms with E-state index in [4.69, 9.17) is 11.6 Å². The van der Waals surface area contributed by atoms with E-state index in [9.17, 15) is 22.4 Å². The van der Waals surface area contributed by atoms with Crippen molar-refractivity contribution in [2.75, 3.05) is 0 Å². The summed E-state index contributed by atoms with van der Waals surface area (Å²) in [5.41, 5.74) is 1.51. The Morgan fingerprint density at radius 2 is 1.46 bits per heavy atom. The summed E-state index contributed by atoms with van der Waals surface area (Å²) >= 11 is 6.17. The fourth-order valence-corrected chi connectivity index (χ4v) is 6.12. The van der Waals surface area contributed by atoms with Gasteiger partial charge in [0, 0.05) is 27.8 Å². The number of nitrogens with zero attached hydrogens (tertiary/aromatic N) is 1. The lowest BCUT2D eigenvalue weighted by Crippen LogP contribution is -2.46. The predicted molar refractivity (Wildman–Crippen MR) is 156 cm³/mol. The largest absolute Gasteiger partial charge is 0.295 e. The fraction of sp³-hybridized carbons (Fsp3) is 0.0968. The van der Waals surface area contributed by atoms with Gasteiger partial charge in [0.15, 0.2) is 5.78 Å². The number of carbonyl (C=O) groups excluding carboxylic acids is 1. The smallest absolute Gasteiger partial charge is 0.275 e. The summed E-state index contributed by atoms with van der Waals surface area (Å²) < 4.78 is 44.7. The number of rotatable bonds is 9. The Morgan fingerprint density at radius 1 is 0.878 bits per heavy atom. The van der Waals surface area contributed by atoms with Crippen LogP contribution in [-0.4, -0.2) is 30.0 Å². The maximum absolute atomic E-state index is 14.1. The molecular weight excluding hydrogens is 565 g/mol. The molecule has 0 aliphatic carbocycles. The van der Waals surface area contributed by atoms with Gasteiger partial charge in [-0.3, -0.25) is 14.7 Å². The Labute approximate surface area is 241 Å². The van der Waals surface area contributed by atoms with Gasteiger partial charge in [0.05, 0.1) is 16.6 Å². The number of hydrogen-bond acceptors (Lipinski definition) is 4. The molecule has 0 aliphatic heterocycles. The molecule has 0 aliphatic rings. The van der Waals surface area contributed by atoms with E-state index in [2.05, 4.69) is 9.82 Å². The Balaban J connectivity index is 1.73. The van der Waals surface area contributed by atoms with E-state index in [1.165, 1.54) is 4.68 Å². The Hall–Kier alpha value is -4.31. The van der Waals surface area contributed by atoms with Gasteiger partial charge < -0.3 is 0 Å². The molecule has 208 valence electrons. The second-order valence-corrected chi connectivity index (χ2v) is 11.6. The number of aryl methyl sites for hydroxylation is 1. The molecule has 1 heterocycles. The number of ketones is 1. The molecule has 1 aromatic heterocycles. The third-order valence-corrected chi connectivity index (χ3v) is 8.46. The van der Waals surface area contributed by atoms with Crippen molar-refractivity contribution in [3.05, 3.63) is 153 Å². The van der Waals surface area contributed by atoms with Crippen molar-refractivity contribution in [1.29, 1.82) is 0 Å². The standard InChI is InChI=1S/C31H25ClFN3O4S/c1-20-27(31(38)36(34-20)25-10-6-3-7-11-25)28(21-12-14-23(32)15-13-21)29(30(37)22-8-4-2-5-9-22)35-41(39,40)26-18-16-24(33)17-19-26/h2-19,28-29,34-35H,1H3/t28-,29+/m0/s1. The van der Waals surface area contributed by atoms with Crippen molar-refractivity contribution in [3.63, 3.8) is 0 Å². The van der Waals surface area contributed by atoms with Gasteiger partial charge in [0.25, 0.3) is 5.56 Å². The number of nitrogens with one attached hydrogen (secondary N) is 2. The molecule has 0 unspecified atom stereocenters. The summed E-state index contributed by atoms with van der Waals surface area (Å²) in [4.78, 5) is 27.9. The molecule has 0 bridgehead atoms. The molecule has 0 saturated carbocycles. The summed E-state index contributed by atoms with van der Waals surface area (Å²) in [7, 11) is -4.35. The van der Waals surface area contributed by atoms with Crippen LogP contribution >= 0.6 is 11.6 Å². The molecular formula is C31H25ClFN3O4S. The maximum Gasteiger partial charge on any atom is 0.275 e. The number of sulfonamides is 1. The first-order valence-corrected chi connectivity index (χ1v) is 14.5. The summed E-state index contributed by atoms with van der Waals surface area (Å²) in [5.74, 6) is -2.23. The van der Waals surface area contributed by atoms with Crippen molar-refractivity contribution in [1.82, 2.24) is 14.5 Å². The van der Waals surface area contributed by atoms with Crippen LogP contribution in [-0.2, 0) is 10.0 Å². The van der Waals surface area contributed by atoms with Gasteiger partial charge >= 0.3 is 0 Å². The van der Waals surface area contributed by atoms with Crippen molar-refractivity contribution in [3.8, 4) is 5.69 Å². The molecule has 5 aromatic rings. The monoisotopic (exact) mass is 589 g/mol. The van der Waals surface area contributed by atoms with Gasteiger partial charge in [-0.2, -0.15) is 4.72 Å². The fourth-order valence-electron chi connectivity index (χ4n) is 4.78. The van der Waals surface area contributed by atoms with Gasteiger partial charge in [-0.15, -0.1) is 0 Å². The van der Waals surface area contributed by atoms with Crippen LogP contribution in [0.4, 0.5) is 4.39 Å². The number of H-pyrrole nitrogens is 1. The molecule has 7 nitrogen and oxygen atoms in total. The van der Waals surface area contributed by atoms with E-state index < -0.39 is 39.1 Å². The molecule has 10 heteroatoms. The second kappa shape index (κ2) is 11.7. The van der Waals surface area contributed by atoms with Gasteiger partial charge in [-0.05, 0) is 61.0 Å². The van der Waals surface area contributed by atoms with Gasteiger partial charge in [0.2, 0.25) is 10.0 Å². The third-order valence-electron chi connectivity index (χ3n) is 6.75. The quantitative estimate of drug-likeness (QED) is 0.218. The molecule has 41 heavy (non-hydrogen) atoms. The van der Waals surface area contributed by atoms with Gasteiger partial charge in [-0.25, -0.2) is 17.5 Å². The predicted octanol–water partition coefficient (Wildman–Crippen LogP) is 5.63. The average molecular weight is 590 g/mol. The van der Waals surface area contributed by atoms with Crippen LogP contribution in [0.5, 0.6) is 0 Å². The third kappa shape index (κ3) is 5.92. The zero-order valence-corrected chi connectivity index (χ0v) is 23.4. The first kappa shape index (κ1) is 28.2. The normalized spacial score (nSPS) is 13.0. The average Bonchev–Trinajstić information content (AvgIpc) is 3.27. The van der Waals surface area contributed by atoms with E-state index in [0.717, 1.165) is 24.3 Å². The van der Waals surface area contributed by atoms with E-state index >= 15 is 0 Å². The lowest BCUT2D eigenvalue weighted by Gasteiger charge is -2.27. The zero-order valence-electron chi connectivity index (χ0n) is 21.8. The van der Waals surface area contributed by atoms with Crippen molar-refractivity contribution in [2.24, 2.45) is 0 Å². The highest BCUT2D eigenvalue weighted by molar-refractivity contribution is 7.89. The second-order valence-electron chi connectivity index (χ2n) is 9.44. The number of halogens is 2. The van der Waals surface area contributed by atoms with E-state index in [1.54, 1.807) is 85.8 Å². The molecule has 5 rings (SSSR count). The minimum absolute atomic E-state index is 0.201. The number of carbonyl (C=O) groups is 1. The number of Topliss-reactive ketones (excluding diaryl/α,β-unsaturated/α-hetero) is 1. The van der Waals surface area contributed by atoms with Crippen LogP contribution in [0.2, 0.25) is 5.02 Å². The molecule has 0 spiro atoms. The molecule has 0 fully saturated rings. The maximum atomic E-state index is 14.1. The van der Waals surface area contributed by atoms with Crippen LogP contribution in [0.1, 0.15) is 33.1 Å². The molecule has 2 N–H and O–H groups in total. The molecule has 4 aromatic carbocycles.